The third-order valence-electron chi connectivity index (χ3n) is 22.7. The van der Waals surface area contributed by atoms with Crippen molar-refractivity contribution in [2.45, 2.75) is 5.41 Å². The summed E-state index contributed by atoms with van der Waals surface area (Å²) in [5.41, 5.74) is 33.0. The average Bonchev–Trinajstić information content (AvgIpc) is 1.45. The van der Waals surface area contributed by atoms with Crippen LogP contribution in [-0.2, 0) is 5.41 Å². The number of nitrogens with zero attached hydrogens (tertiary/aromatic N) is 6. The molecule has 16 aromatic rings. The molecule has 7 nitrogen and oxygen atoms in total. The van der Waals surface area contributed by atoms with Crippen LogP contribution in [0.15, 0.2) is 388 Å². The second-order valence-electron chi connectivity index (χ2n) is 28.2. The fourth-order valence-electron chi connectivity index (χ4n) is 18.6. The van der Waals surface area contributed by atoms with E-state index in [-0.39, 0.29) is 13.4 Å². The number of rotatable bonds is 10. The highest BCUT2D eigenvalue weighted by Crippen LogP contribution is 2.65. The van der Waals surface area contributed by atoms with E-state index in [0.717, 1.165) is 125 Å². The molecule has 0 amide bonds. The van der Waals surface area contributed by atoms with E-state index in [1.807, 2.05) is 0 Å². The molecule has 106 heavy (non-hydrogen) atoms. The summed E-state index contributed by atoms with van der Waals surface area (Å²) in [6.07, 6.45) is 0. The Morgan fingerprint density at radius 2 is 0.547 bits per heavy atom. The van der Waals surface area contributed by atoms with Crippen molar-refractivity contribution in [1.29, 1.82) is 0 Å². The van der Waals surface area contributed by atoms with Crippen LogP contribution in [0.5, 0.6) is 11.5 Å². The molecular weight excluding hydrogens is 1290 g/mol. The second kappa shape index (κ2) is 23.7. The minimum absolute atomic E-state index is 0.228. The molecule has 0 saturated carbocycles. The molecule has 5 heterocycles. The van der Waals surface area contributed by atoms with Gasteiger partial charge in [-0.3, -0.25) is 0 Å². The monoisotopic (exact) mass is 1350 g/mol. The van der Waals surface area contributed by atoms with E-state index in [9.17, 15) is 0 Å². The molecule has 0 fully saturated rings. The van der Waals surface area contributed by atoms with Crippen molar-refractivity contribution in [3.63, 3.8) is 0 Å². The fourth-order valence-corrected chi connectivity index (χ4v) is 18.6. The van der Waals surface area contributed by atoms with Gasteiger partial charge in [0.2, 0.25) is 0 Å². The van der Waals surface area contributed by atoms with Gasteiger partial charge in [0.25, 0.3) is 13.4 Å². The van der Waals surface area contributed by atoms with Gasteiger partial charge in [-0.05, 0) is 206 Å². The average molecular weight is 1350 g/mol. The van der Waals surface area contributed by atoms with Crippen LogP contribution >= 0.6 is 0 Å². The Hall–Kier alpha value is -13.8. The molecule has 9 heteroatoms. The van der Waals surface area contributed by atoms with Crippen LogP contribution < -0.4 is 66.9 Å². The zero-order valence-electron chi connectivity index (χ0n) is 57.7. The van der Waals surface area contributed by atoms with E-state index in [1.54, 1.807) is 0 Å². The van der Waals surface area contributed by atoms with Crippen LogP contribution in [0.1, 0.15) is 22.3 Å². The lowest BCUT2D eigenvalue weighted by atomic mass is 9.33. The number of ether oxygens (including phenoxy) is 1. The molecule has 494 valence electrons. The minimum atomic E-state index is -0.880. The molecule has 6 aliphatic rings. The van der Waals surface area contributed by atoms with Crippen molar-refractivity contribution in [2.75, 3.05) is 29.4 Å². The van der Waals surface area contributed by atoms with Crippen LogP contribution in [0.2, 0.25) is 0 Å². The summed E-state index contributed by atoms with van der Waals surface area (Å²) >= 11 is 0. The molecule has 1 aliphatic carbocycles. The summed E-state index contributed by atoms with van der Waals surface area (Å²) in [5.74, 6) is 1.67. The molecule has 16 aromatic carbocycles. The van der Waals surface area contributed by atoms with Gasteiger partial charge < -0.3 is 34.1 Å². The van der Waals surface area contributed by atoms with Crippen LogP contribution in [0.3, 0.4) is 0 Å². The summed E-state index contributed by atoms with van der Waals surface area (Å²) in [7, 11) is 0. The second-order valence-corrected chi connectivity index (χ2v) is 28.2. The first-order valence-electron chi connectivity index (χ1n) is 36.6. The number of hydrogen-bond donors (Lipinski definition) is 0. The Balaban J connectivity index is 0.872. The Kier molecular flexibility index (Phi) is 13.4. The van der Waals surface area contributed by atoms with Gasteiger partial charge in [0.15, 0.2) is 0 Å². The molecule has 5 aliphatic heterocycles. The Morgan fingerprint density at radius 3 is 0.991 bits per heavy atom. The number of anilines is 18. The maximum Gasteiger partial charge on any atom is 0.256 e. The van der Waals surface area contributed by atoms with Crippen molar-refractivity contribution in [3.8, 4) is 22.6 Å². The summed E-state index contributed by atoms with van der Waals surface area (Å²) in [6.45, 7) is -0.468. The molecule has 0 N–H and O–H groups in total. The van der Waals surface area contributed by atoms with Gasteiger partial charge in [-0.2, -0.15) is 0 Å². The normalized spacial score (nSPS) is 13.7. The van der Waals surface area contributed by atoms with E-state index < -0.39 is 5.41 Å². The van der Waals surface area contributed by atoms with Gasteiger partial charge in [0, 0.05) is 85.7 Å². The first-order chi connectivity index (χ1) is 52.6. The van der Waals surface area contributed by atoms with Gasteiger partial charge >= 0.3 is 0 Å². The summed E-state index contributed by atoms with van der Waals surface area (Å²) in [4.78, 5) is 15.1. The topological polar surface area (TPSA) is 28.7 Å². The van der Waals surface area contributed by atoms with E-state index in [1.165, 1.54) is 55.2 Å². The fraction of sp³-hybridized carbons (Fsp3) is 0.0103. The first kappa shape index (κ1) is 59.9. The highest BCUT2D eigenvalue weighted by Gasteiger charge is 2.56. The maximum absolute atomic E-state index is 7.40. The number of para-hydroxylation sites is 10. The molecule has 0 saturated heterocycles. The third-order valence-corrected chi connectivity index (χ3v) is 22.7. The number of hydrogen-bond acceptors (Lipinski definition) is 7. The van der Waals surface area contributed by atoms with Crippen LogP contribution in [0.4, 0.5) is 102 Å². The van der Waals surface area contributed by atoms with E-state index in [0.29, 0.717) is 0 Å². The van der Waals surface area contributed by atoms with E-state index >= 15 is 0 Å². The summed E-state index contributed by atoms with van der Waals surface area (Å²) in [6, 6.07) is 144. The molecule has 0 bridgehead atoms. The molecule has 0 aromatic heterocycles. The Bertz CT molecular complexity index is 6050. The van der Waals surface area contributed by atoms with Gasteiger partial charge in [-0.1, -0.05) is 243 Å². The lowest BCUT2D eigenvalue weighted by Gasteiger charge is -2.49. The van der Waals surface area contributed by atoms with Crippen molar-refractivity contribution < 1.29 is 4.74 Å². The lowest BCUT2D eigenvalue weighted by molar-refractivity contribution is 0.487. The Labute approximate surface area is 617 Å². The van der Waals surface area contributed by atoms with Crippen molar-refractivity contribution >= 4 is 149 Å². The standard InChI is InChI=1S/C97H64B2N6O/c1-9-33-65(34-10-1)100(66-35-11-2-12-36-66)73-57-90-95-91(58-73)104(71-45-21-7-22-46-71)88-63-86-79(61-83(88)98(95)81-53-29-31-55-85(81)102(90)69-41-17-5-18-42-69)97(77-51-27-25-49-75(77)76-50-26-28-52-78(76)97)80-62-84-89(64-87(80)103(86)70-43-19-6-20-44-70)105(72-47-23-8-24-48-72)92-59-74(60-94-96(92)99(84)82-54-30-32-56-93(82)106-94)101(67-37-13-3-14-38-67)68-39-15-4-16-40-68/h1-64H. The number of fused-ring (bicyclic) bond motifs is 17. The minimum Gasteiger partial charge on any atom is -0.458 e. The van der Waals surface area contributed by atoms with Gasteiger partial charge in [0.05, 0.1) is 28.2 Å². The largest absolute Gasteiger partial charge is 0.458 e. The maximum atomic E-state index is 7.40. The zero-order valence-corrected chi connectivity index (χ0v) is 57.7. The van der Waals surface area contributed by atoms with Crippen LogP contribution in [0.25, 0.3) is 11.1 Å². The summed E-state index contributed by atoms with van der Waals surface area (Å²) < 4.78 is 7.40. The highest BCUT2D eigenvalue weighted by atomic mass is 16.5. The predicted octanol–water partition coefficient (Wildman–Crippen LogP) is 21.3. The van der Waals surface area contributed by atoms with E-state index in [4.69, 9.17) is 4.74 Å². The quantitative estimate of drug-likeness (QED) is 0.126. The number of benzene rings is 16. The third kappa shape index (κ3) is 8.77. The molecule has 0 atom stereocenters. The van der Waals surface area contributed by atoms with Crippen molar-refractivity contribution in [2.24, 2.45) is 0 Å². The first-order valence-corrected chi connectivity index (χ1v) is 36.6. The van der Waals surface area contributed by atoms with Crippen LogP contribution in [-0.4, -0.2) is 13.4 Å². The molecular formula is C97H64B2N6O. The van der Waals surface area contributed by atoms with Crippen molar-refractivity contribution in [3.05, 3.63) is 411 Å². The van der Waals surface area contributed by atoms with Crippen molar-refractivity contribution in [1.82, 2.24) is 0 Å². The van der Waals surface area contributed by atoms with Gasteiger partial charge in [0.1, 0.15) is 11.5 Å². The summed E-state index contributed by atoms with van der Waals surface area (Å²) in [5, 5.41) is 0. The highest BCUT2D eigenvalue weighted by molar-refractivity contribution is 7.01. The molecule has 1 spiro atoms. The van der Waals surface area contributed by atoms with Crippen LogP contribution in [0, 0.1) is 0 Å². The smallest absolute Gasteiger partial charge is 0.256 e. The lowest BCUT2D eigenvalue weighted by Crippen LogP contribution is -2.62. The molecule has 22 rings (SSSR count). The SMILES string of the molecule is c1ccc(N(c2ccccc2)c2cc3c4c(c2)N(c2ccccc2)c2cc5c(cc2B4c2ccccc2O3)C2(c3ccccc3-c3ccccc32)c2cc3c(cc2N5c2ccccc2)N(c2ccccc2)c2cc(N(c4ccccc4)c4ccccc4)cc4c2B3c2ccccc2N4c2ccccc2)cc1. The Morgan fingerprint density at radius 1 is 0.217 bits per heavy atom. The zero-order chi connectivity index (χ0) is 69.6. The predicted molar refractivity (Wildman–Crippen MR) is 441 cm³/mol. The molecule has 0 unspecified atom stereocenters. The van der Waals surface area contributed by atoms with E-state index in [2.05, 4.69) is 418 Å². The van der Waals surface area contributed by atoms with Gasteiger partial charge in [-0.15, -0.1) is 0 Å². The van der Waals surface area contributed by atoms with Gasteiger partial charge in [-0.25, -0.2) is 0 Å². The molecule has 0 radical (unpaired) electrons.